The van der Waals surface area contributed by atoms with E-state index < -0.39 is 0 Å². The van der Waals surface area contributed by atoms with Crippen molar-refractivity contribution in [1.29, 1.82) is 0 Å². The van der Waals surface area contributed by atoms with Crippen LogP contribution in [0.4, 0.5) is 0 Å². The lowest BCUT2D eigenvalue weighted by Gasteiger charge is -2.29. The lowest BCUT2D eigenvalue weighted by molar-refractivity contribution is 0.260. The first-order valence-corrected chi connectivity index (χ1v) is 4.34. The molecule has 0 bridgehead atoms. The maximum Gasteiger partial charge on any atom is 0.00824 e. The summed E-state index contributed by atoms with van der Waals surface area (Å²) in [6.07, 6.45) is 4.01. The Morgan fingerprint density at radius 3 is 2.90 bits per heavy atom. The summed E-state index contributed by atoms with van der Waals surface area (Å²) in [7, 11) is 0. The van der Waals surface area contributed by atoms with E-state index >= 15 is 0 Å². The van der Waals surface area contributed by atoms with Gasteiger partial charge in [-0.1, -0.05) is 6.42 Å². The fourth-order valence-corrected chi connectivity index (χ4v) is 2.40. The highest BCUT2D eigenvalue weighted by Gasteiger charge is 2.34. The molecule has 1 saturated carbocycles. The highest BCUT2D eigenvalue weighted by Crippen LogP contribution is 2.31. The van der Waals surface area contributed by atoms with Crippen molar-refractivity contribution in [1.82, 2.24) is 5.32 Å². The van der Waals surface area contributed by atoms with Crippen molar-refractivity contribution in [3.8, 4) is 0 Å². The molecule has 1 saturated heterocycles. The van der Waals surface area contributed by atoms with Gasteiger partial charge in [0.25, 0.3) is 0 Å². The fraction of sp³-hybridized carbons (Fsp3) is 1.00. The maximum atomic E-state index is 5.98. The Bertz CT molecular complexity index is 124. The summed E-state index contributed by atoms with van der Waals surface area (Å²) >= 11 is 0. The van der Waals surface area contributed by atoms with E-state index in [1.807, 2.05) is 0 Å². The summed E-state index contributed by atoms with van der Waals surface area (Å²) in [6, 6.07) is 0.494. The van der Waals surface area contributed by atoms with E-state index in [1.165, 1.54) is 32.4 Å². The Morgan fingerprint density at radius 2 is 2.10 bits per heavy atom. The van der Waals surface area contributed by atoms with Crippen molar-refractivity contribution in [3.63, 3.8) is 0 Å². The van der Waals surface area contributed by atoms with Gasteiger partial charge in [-0.2, -0.15) is 0 Å². The molecule has 1 aliphatic carbocycles. The molecule has 0 aromatic heterocycles. The minimum Gasteiger partial charge on any atom is -0.327 e. The van der Waals surface area contributed by atoms with Crippen LogP contribution in [-0.4, -0.2) is 19.1 Å². The average Bonchev–Trinajstić information content (AvgIpc) is 2.36. The largest absolute Gasteiger partial charge is 0.327 e. The summed E-state index contributed by atoms with van der Waals surface area (Å²) in [6.45, 7) is 2.39. The van der Waals surface area contributed by atoms with Gasteiger partial charge in [-0.25, -0.2) is 0 Å². The third-order valence-electron chi connectivity index (χ3n) is 3.05. The van der Waals surface area contributed by atoms with Gasteiger partial charge in [-0.3, -0.25) is 0 Å². The molecular weight excluding hydrogens is 124 g/mol. The van der Waals surface area contributed by atoms with Crippen LogP contribution in [0.25, 0.3) is 0 Å². The van der Waals surface area contributed by atoms with Gasteiger partial charge < -0.3 is 11.1 Å². The van der Waals surface area contributed by atoms with Crippen LogP contribution in [0.2, 0.25) is 0 Å². The molecule has 2 nitrogen and oxygen atoms in total. The smallest absolute Gasteiger partial charge is 0.00824 e. The molecule has 0 aromatic carbocycles. The van der Waals surface area contributed by atoms with Gasteiger partial charge in [0, 0.05) is 6.04 Å². The standard InChI is InChI=1S/C8H16N2/c9-8-3-1-2-6-4-10-5-7(6)8/h6-8,10H,1-5,9H2/t6-,7-,8-/m1/s1. The van der Waals surface area contributed by atoms with Crippen molar-refractivity contribution in [2.45, 2.75) is 25.3 Å². The normalized spacial score (nSPS) is 47.1. The number of nitrogens with one attached hydrogen (secondary N) is 1. The van der Waals surface area contributed by atoms with Gasteiger partial charge >= 0.3 is 0 Å². The molecule has 1 aliphatic heterocycles. The first-order chi connectivity index (χ1) is 4.88. The predicted molar refractivity (Wildman–Crippen MR) is 41.7 cm³/mol. The molecule has 3 N–H and O–H groups in total. The minimum absolute atomic E-state index is 0.494. The Labute approximate surface area is 62.2 Å². The molecule has 2 aliphatic rings. The second-order valence-corrected chi connectivity index (χ2v) is 3.68. The summed E-state index contributed by atoms with van der Waals surface area (Å²) in [5.41, 5.74) is 5.98. The number of fused-ring (bicyclic) bond motifs is 1. The van der Waals surface area contributed by atoms with E-state index in [-0.39, 0.29) is 0 Å². The zero-order valence-corrected chi connectivity index (χ0v) is 6.34. The van der Waals surface area contributed by atoms with Crippen LogP contribution >= 0.6 is 0 Å². The molecule has 58 valence electrons. The molecule has 0 amide bonds. The maximum absolute atomic E-state index is 5.98. The molecule has 2 heteroatoms. The van der Waals surface area contributed by atoms with Crippen LogP contribution in [0, 0.1) is 11.8 Å². The van der Waals surface area contributed by atoms with Crippen LogP contribution < -0.4 is 11.1 Å². The predicted octanol–water partition coefficient (Wildman–Crippen LogP) is 0.333. The quantitative estimate of drug-likeness (QED) is 0.509. The molecule has 10 heavy (non-hydrogen) atoms. The molecule has 0 aromatic rings. The van der Waals surface area contributed by atoms with Gasteiger partial charge in [0.05, 0.1) is 0 Å². The van der Waals surface area contributed by atoms with Crippen molar-refractivity contribution in [3.05, 3.63) is 0 Å². The highest BCUT2D eigenvalue weighted by atomic mass is 14.9. The van der Waals surface area contributed by atoms with E-state index in [1.54, 1.807) is 0 Å². The van der Waals surface area contributed by atoms with Crippen molar-refractivity contribution < 1.29 is 0 Å². The summed E-state index contributed by atoms with van der Waals surface area (Å²) in [4.78, 5) is 0. The first kappa shape index (κ1) is 6.62. The second kappa shape index (κ2) is 2.51. The van der Waals surface area contributed by atoms with Crippen LogP contribution in [0.5, 0.6) is 0 Å². The Hall–Kier alpha value is -0.0800. The lowest BCUT2D eigenvalue weighted by atomic mass is 9.78. The molecule has 3 atom stereocenters. The zero-order chi connectivity index (χ0) is 6.97. The Morgan fingerprint density at radius 1 is 1.20 bits per heavy atom. The van der Waals surface area contributed by atoms with Gasteiger partial charge in [0.15, 0.2) is 0 Å². The fourth-order valence-electron chi connectivity index (χ4n) is 2.40. The average molecular weight is 140 g/mol. The van der Waals surface area contributed by atoms with Crippen molar-refractivity contribution >= 4 is 0 Å². The van der Waals surface area contributed by atoms with Gasteiger partial charge in [0.2, 0.25) is 0 Å². The van der Waals surface area contributed by atoms with E-state index in [9.17, 15) is 0 Å². The Kier molecular flexibility index (Phi) is 1.66. The van der Waals surface area contributed by atoms with E-state index in [4.69, 9.17) is 5.73 Å². The van der Waals surface area contributed by atoms with Crippen molar-refractivity contribution in [2.24, 2.45) is 17.6 Å². The van der Waals surface area contributed by atoms with E-state index in [0.29, 0.717) is 6.04 Å². The third kappa shape index (κ3) is 0.956. The topological polar surface area (TPSA) is 38.0 Å². The SMILES string of the molecule is N[C@@H]1CCC[C@@H]2CNC[C@H]21. The number of hydrogen-bond donors (Lipinski definition) is 2. The number of hydrogen-bond acceptors (Lipinski definition) is 2. The molecular formula is C8H16N2. The summed E-state index contributed by atoms with van der Waals surface area (Å²) < 4.78 is 0. The highest BCUT2D eigenvalue weighted by molar-refractivity contribution is 4.91. The first-order valence-electron chi connectivity index (χ1n) is 4.34. The van der Waals surface area contributed by atoms with Gasteiger partial charge in [0.1, 0.15) is 0 Å². The summed E-state index contributed by atoms with van der Waals surface area (Å²) in [5, 5.41) is 3.41. The molecule has 1 heterocycles. The van der Waals surface area contributed by atoms with Crippen LogP contribution in [-0.2, 0) is 0 Å². The van der Waals surface area contributed by atoms with Gasteiger partial charge in [-0.15, -0.1) is 0 Å². The monoisotopic (exact) mass is 140 g/mol. The van der Waals surface area contributed by atoms with Crippen LogP contribution in [0.3, 0.4) is 0 Å². The zero-order valence-electron chi connectivity index (χ0n) is 6.34. The molecule has 0 spiro atoms. The summed E-state index contributed by atoms with van der Waals surface area (Å²) in [5.74, 6) is 1.71. The number of nitrogens with two attached hydrogens (primary N) is 1. The molecule has 2 fully saturated rings. The molecule has 2 rings (SSSR count). The molecule has 0 unspecified atom stereocenters. The van der Waals surface area contributed by atoms with Crippen molar-refractivity contribution in [2.75, 3.05) is 13.1 Å². The second-order valence-electron chi connectivity index (χ2n) is 3.68. The third-order valence-corrected chi connectivity index (χ3v) is 3.05. The van der Waals surface area contributed by atoms with E-state index in [2.05, 4.69) is 5.32 Å². The van der Waals surface area contributed by atoms with Crippen LogP contribution in [0.1, 0.15) is 19.3 Å². The van der Waals surface area contributed by atoms with Gasteiger partial charge in [-0.05, 0) is 37.8 Å². The molecule has 0 radical (unpaired) electrons. The lowest BCUT2D eigenvalue weighted by Crippen LogP contribution is -2.38. The number of rotatable bonds is 0. The van der Waals surface area contributed by atoms with E-state index in [0.717, 1.165) is 11.8 Å². The minimum atomic E-state index is 0.494. The Balaban J connectivity index is 2.03. The van der Waals surface area contributed by atoms with Crippen LogP contribution in [0.15, 0.2) is 0 Å².